The fourth-order valence-corrected chi connectivity index (χ4v) is 3.89. The zero-order chi connectivity index (χ0) is 20.5. The zero-order valence-electron chi connectivity index (χ0n) is 16.6. The molecule has 3 aromatic rings. The van der Waals surface area contributed by atoms with Gasteiger partial charge in [-0.3, -0.25) is 4.79 Å². The fourth-order valence-electron chi connectivity index (χ4n) is 3.05. The number of ether oxygens (including phenoxy) is 1. The third kappa shape index (κ3) is 6.68. The van der Waals surface area contributed by atoms with Gasteiger partial charge in [-0.2, -0.15) is 0 Å². The number of benzene rings is 3. The van der Waals surface area contributed by atoms with E-state index in [9.17, 15) is 9.90 Å². The predicted molar refractivity (Wildman–Crippen MR) is 118 cm³/mol. The Labute approximate surface area is 176 Å². The van der Waals surface area contributed by atoms with Crippen molar-refractivity contribution >= 4 is 17.7 Å². The molecule has 1 atom stereocenters. The van der Waals surface area contributed by atoms with Gasteiger partial charge in [0.05, 0.1) is 12.5 Å². The Bertz CT molecular complexity index is 890. The molecule has 0 aliphatic carbocycles. The summed E-state index contributed by atoms with van der Waals surface area (Å²) in [5.74, 6) is -0.251. The molecule has 0 fully saturated rings. The van der Waals surface area contributed by atoms with Crippen LogP contribution < -0.4 is 4.74 Å². The Morgan fingerprint density at radius 2 is 1.52 bits per heavy atom. The quantitative estimate of drug-likeness (QED) is 0.441. The largest absolute Gasteiger partial charge is 0.493 e. The summed E-state index contributed by atoms with van der Waals surface area (Å²) < 4.78 is 5.85. The number of hydrogen-bond acceptors (Lipinski definition) is 3. The molecule has 0 aliphatic heterocycles. The van der Waals surface area contributed by atoms with Crippen LogP contribution in [0.15, 0.2) is 88.7 Å². The molecule has 0 heterocycles. The highest BCUT2D eigenvalue weighted by molar-refractivity contribution is 7.99. The molecule has 4 heteroatoms. The van der Waals surface area contributed by atoms with E-state index in [1.54, 1.807) is 11.8 Å². The van der Waals surface area contributed by atoms with Crippen molar-refractivity contribution in [3.8, 4) is 5.75 Å². The lowest BCUT2D eigenvalue weighted by atomic mass is 9.97. The number of carboxylic acids is 1. The highest BCUT2D eigenvalue weighted by Gasteiger charge is 2.15. The minimum Gasteiger partial charge on any atom is -0.493 e. The predicted octanol–water partition coefficient (Wildman–Crippen LogP) is 6.11. The molecule has 0 saturated carbocycles. The second kappa shape index (κ2) is 10.7. The summed E-state index contributed by atoms with van der Waals surface area (Å²) in [6, 6.07) is 26.7. The lowest BCUT2D eigenvalue weighted by molar-refractivity contribution is -0.141. The molecule has 1 N–H and O–H groups in total. The Hall–Kier alpha value is -2.72. The van der Waals surface area contributed by atoms with Gasteiger partial charge < -0.3 is 9.84 Å². The van der Waals surface area contributed by atoms with Crippen LogP contribution in [0.25, 0.3) is 0 Å². The molecule has 0 aliphatic rings. The van der Waals surface area contributed by atoms with Gasteiger partial charge in [-0.15, -0.1) is 0 Å². The zero-order valence-corrected chi connectivity index (χ0v) is 17.4. The molecule has 0 aromatic heterocycles. The Morgan fingerprint density at radius 1 is 0.897 bits per heavy atom. The minimum atomic E-state index is -0.735. The molecule has 150 valence electrons. The van der Waals surface area contributed by atoms with Crippen molar-refractivity contribution in [1.82, 2.24) is 0 Å². The lowest BCUT2D eigenvalue weighted by Gasteiger charge is -2.11. The van der Waals surface area contributed by atoms with E-state index < -0.39 is 5.97 Å². The summed E-state index contributed by atoms with van der Waals surface area (Å²) in [5.41, 5.74) is 2.27. The molecule has 0 saturated heterocycles. The van der Waals surface area contributed by atoms with E-state index in [-0.39, 0.29) is 5.92 Å². The molecule has 1 unspecified atom stereocenters. The molecule has 0 amide bonds. The summed E-state index contributed by atoms with van der Waals surface area (Å²) in [6.07, 6.45) is 2.03. The van der Waals surface area contributed by atoms with Gasteiger partial charge in [-0.1, -0.05) is 61.2 Å². The Kier molecular flexibility index (Phi) is 7.77. The van der Waals surface area contributed by atoms with E-state index in [0.717, 1.165) is 17.7 Å². The molecule has 0 bridgehead atoms. The van der Waals surface area contributed by atoms with Gasteiger partial charge in [0.25, 0.3) is 0 Å². The first-order valence-electron chi connectivity index (χ1n) is 9.90. The third-order valence-electron chi connectivity index (χ3n) is 4.81. The maximum absolute atomic E-state index is 11.2. The van der Waals surface area contributed by atoms with Gasteiger partial charge >= 0.3 is 5.97 Å². The second-order valence-corrected chi connectivity index (χ2v) is 8.10. The number of rotatable bonds is 10. The number of carbonyl (C=O) groups is 1. The van der Waals surface area contributed by atoms with Gasteiger partial charge in [0.1, 0.15) is 5.75 Å². The highest BCUT2D eigenvalue weighted by atomic mass is 32.2. The van der Waals surface area contributed by atoms with Gasteiger partial charge in [-0.25, -0.2) is 0 Å². The van der Waals surface area contributed by atoms with E-state index in [2.05, 4.69) is 48.5 Å². The minimum absolute atomic E-state index is 0.329. The first kappa shape index (κ1) is 21.0. The first-order valence-corrected chi connectivity index (χ1v) is 10.7. The van der Waals surface area contributed by atoms with Crippen molar-refractivity contribution in [2.45, 2.75) is 36.0 Å². The van der Waals surface area contributed by atoms with Crippen LogP contribution in [0.5, 0.6) is 5.75 Å². The van der Waals surface area contributed by atoms with Crippen molar-refractivity contribution in [3.63, 3.8) is 0 Å². The molecular weight excluding hydrogens is 380 g/mol. The van der Waals surface area contributed by atoms with Gasteiger partial charge in [0.2, 0.25) is 0 Å². The molecule has 3 rings (SSSR count). The van der Waals surface area contributed by atoms with Crippen LogP contribution in [0.1, 0.15) is 24.5 Å². The number of hydrogen-bond donors (Lipinski definition) is 1. The van der Waals surface area contributed by atoms with E-state index >= 15 is 0 Å². The van der Waals surface area contributed by atoms with Crippen molar-refractivity contribution in [1.29, 1.82) is 0 Å². The van der Waals surface area contributed by atoms with Crippen molar-refractivity contribution in [2.24, 2.45) is 5.92 Å². The van der Waals surface area contributed by atoms with Crippen LogP contribution in [0, 0.1) is 5.92 Å². The summed E-state index contributed by atoms with van der Waals surface area (Å²) in [4.78, 5) is 13.6. The van der Waals surface area contributed by atoms with E-state index in [4.69, 9.17) is 4.74 Å². The lowest BCUT2D eigenvalue weighted by Crippen LogP contribution is -2.15. The summed E-state index contributed by atoms with van der Waals surface area (Å²) >= 11 is 1.76. The van der Waals surface area contributed by atoms with Crippen LogP contribution in [0.4, 0.5) is 0 Å². The smallest absolute Gasteiger partial charge is 0.306 e. The van der Waals surface area contributed by atoms with Gasteiger partial charge in [0, 0.05) is 16.2 Å². The summed E-state index contributed by atoms with van der Waals surface area (Å²) in [6.45, 7) is 2.51. The van der Waals surface area contributed by atoms with Crippen LogP contribution in [0.3, 0.4) is 0 Å². The summed E-state index contributed by atoms with van der Waals surface area (Å²) in [7, 11) is 0. The van der Waals surface area contributed by atoms with E-state index in [1.807, 2.05) is 37.3 Å². The maximum Gasteiger partial charge on any atom is 0.306 e. The number of aliphatic carboxylic acids is 1. The first-order chi connectivity index (χ1) is 14.1. The van der Waals surface area contributed by atoms with E-state index in [1.165, 1.54) is 15.4 Å². The molecular formula is C25H26O3S. The maximum atomic E-state index is 11.2. The third-order valence-corrected chi connectivity index (χ3v) is 5.82. The van der Waals surface area contributed by atoms with Crippen molar-refractivity contribution < 1.29 is 14.6 Å². The van der Waals surface area contributed by atoms with Crippen LogP contribution >= 0.6 is 11.8 Å². The SMILES string of the molecule is CCC(Cc1ccc(OCCc2ccc(Sc3ccccc3)cc2)cc1)C(=O)O. The van der Waals surface area contributed by atoms with Gasteiger partial charge in [0.15, 0.2) is 0 Å². The number of carboxylic acid groups (broad SMARTS) is 1. The van der Waals surface area contributed by atoms with E-state index in [0.29, 0.717) is 19.4 Å². The van der Waals surface area contributed by atoms with Crippen LogP contribution in [0.2, 0.25) is 0 Å². The Balaban J connectivity index is 1.45. The van der Waals surface area contributed by atoms with Crippen molar-refractivity contribution in [3.05, 3.63) is 90.0 Å². The average molecular weight is 407 g/mol. The van der Waals surface area contributed by atoms with Gasteiger partial charge in [-0.05, 0) is 60.4 Å². The van der Waals surface area contributed by atoms with Crippen molar-refractivity contribution in [2.75, 3.05) is 6.61 Å². The second-order valence-electron chi connectivity index (χ2n) is 6.95. The van der Waals surface area contributed by atoms with Crippen LogP contribution in [-0.4, -0.2) is 17.7 Å². The monoisotopic (exact) mass is 406 g/mol. The molecule has 0 spiro atoms. The average Bonchev–Trinajstić information content (AvgIpc) is 2.75. The van der Waals surface area contributed by atoms with Crippen LogP contribution in [-0.2, 0) is 17.6 Å². The topological polar surface area (TPSA) is 46.5 Å². The highest BCUT2D eigenvalue weighted by Crippen LogP contribution is 2.27. The summed E-state index contributed by atoms with van der Waals surface area (Å²) in [5, 5.41) is 9.18. The molecule has 0 radical (unpaired) electrons. The Morgan fingerprint density at radius 3 is 2.14 bits per heavy atom. The molecule has 3 nitrogen and oxygen atoms in total. The fraction of sp³-hybridized carbons (Fsp3) is 0.240. The molecule has 29 heavy (non-hydrogen) atoms. The normalized spacial score (nSPS) is 11.8. The molecule has 3 aromatic carbocycles. The standard InChI is InChI=1S/C25H26O3S/c1-2-21(25(26)27)18-20-8-12-22(13-9-20)28-17-16-19-10-14-24(15-11-19)29-23-6-4-3-5-7-23/h3-15,21H,2,16-18H2,1H3,(H,26,27).